The highest BCUT2D eigenvalue weighted by Gasteiger charge is 2.21. The summed E-state index contributed by atoms with van der Waals surface area (Å²) in [6.07, 6.45) is 4.07. The number of nitrogens with one attached hydrogen (secondary N) is 2. The van der Waals surface area contributed by atoms with Gasteiger partial charge in [-0.1, -0.05) is 23.2 Å². The summed E-state index contributed by atoms with van der Waals surface area (Å²) in [6, 6.07) is 7.56. The average Bonchev–Trinajstić information content (AvgIpc) is 3.18. The van der Waals surface area contributed by atoms with Crippen LogP contribution in [-0.4, -0.2) is 16.0 Å². The quantitative estimate of drug-likeness (QED) is 0.891. The maximum Gasteiger partial charge on any atom is 0.224 e. The van der Waals surface area contributed by atoms with Gasteiger partial charge in [-0.15, -0.1) is 0 Å². The summed E-state index contributed by atoms with van der Waals surface area (Å²) in [5, 5.41) is 7.61. The first-order valence-corrected chi connectivity index (χ1v) is 6.78. The van der Waals surface area contributed by atoms with Crippen molar-refractivity contribution >= 4 is 40.7 Å². The second-order valence-electron chi connectivity index (χ2n) is 4.43. The standard InChI is InChI=1S/C13H12Cl2N4/c14-8-1-4-10(15)11(7-8)18-12-5-6-16-13(19-12)17-9-2-3-9/h1,4-7,9H,2-3H2,(H2,16,17,18,19). The van der Waals surface area contributed by atoms with E-state index < -0.39 is 0 Å². The zero-order valence-electron chi connectivity index (χ0n) is 10.0. The smallest absolute Gasteiger partial charge is 0.224 e. The van der Waals surface area contributed by atoms with E-state index in [4.69, 9.17) is 23.2 Å². The van der Waals surface area contributed by atoms with E-state index in [0.29, 0.717) is 27.9 Å². The summed E-state index contributed by atoms with van der Waals surface area (Å²) in [5.74, 6) is 1.31. The molecular formula is C13H12Cl2N4. The maximum absolute atomic E-state index is 6.10. The fraction of sp³-hybridized carbons (Fsp3) is 0.231. The number of nitrogens with zero attached hydrogens (tertiary/aromatic N) is 2. The lowest BCUT2D eigenvalue weighted by Gasteiger charge is -2.09. The molecule has 4 nitrogen and oxygen atoms in total. The molecule has 0 spiro atoms. The van der Waals surface area contributed by atoms with Crippen LogP contribution in [0.15, 0.2) is 30.5 Å². The van der Waals surface area contributed by atoms with Gasteiger partial charge in [0.1, 0.15) is 5.82 Å². The Balaban J connectivity index is 1.79. The van der Waals surface area contributed by atoms with Gasteiger partial charge in [-0.25, -0.2) is 4.98 Å². The lowest BCUT2D eigenvalue weighted by molar-refractivity contribution is 1.05. The second kappa shape index (κ2) is 5.23. The van der Waals surface area contributed by atoms with Crippen molar-refractivity contribution in [3.63, 3.8) is 0 Å². The van der Waals surface area contributed by atoms with E-state index in [1.54, 1.807) is 30.5 Å². The van der Waals surface area contributed by atoms with Crippen LogP contribution in [0, 0.1) is 0 Å². The van der Waals surface area contributed by atoms with Crippen LogP contribution in [0.1, 0.15) is 12.8 Å². The van der Waals surface area contributed by atoms with Gasteiger partial charge in [-0.3, -0.25) is 0 Å². The second-order valence-corrected chi connectivity index (χ2v) is 5.28. The van der Waals surface area contributed by atoms with Crippen molar-refractivity contribution in [2.24, 2.45) is 0 Å². The minimum absolute atomic E-state index is 0.519. The van der Waals surface area contributed by atoms with Crippen LogP contribution in [0.25, 0.3) is 0 Å². The molecule has 6 heteroatoms. The minimum Gasteiger partial charge on any atom is -0.351 e. The third kappa shape index (κ3) is 3.28. The summed E-state index contributed by atoms with van der Waals surface area (Å²) >= 11 is 12.0. The molecule has 1 aliphatic carbocycles. The first-order valence-electron chi connectivity index (χ1n) is 6.02. The number of rotatable bonds is 4. The van der Waals surface area contributed by atoms with Crippen molar-refractivity contribution in [2.45, 2.75) is 18.9 Å². The highest BCUT2D eigenvalue weighted by atomic mass is 35.5. The predicted octanol–water partition coefficient (Wildman–Crippen LogP) is 4.10. The van der Waals surface area contributed by atoms with Gasteiger partial charge in [0.25, 0.3) is 0 Å². The van der Waals surface area contributed by atoms with Gasteiger partial charge in [-0.2, -0.15) is 4.98 Å². The monoisotopic (exact) mass is 294 g/mol. The molecule has 0 bridgehead atoms. The molecule has 19 heavy (non-hydrogen) atoms. The highest BCUT2D eigenvalue weighted by Crippen LogP contribution is 2.28. The summed E-state index contributed by atoms with van der Waals surface area (Å²) < 4.78 is 0. The van der Waals surface area contributed by atoms with E-state index in [2.05, 4.69) is 20.6 Å². The van der Waals surface area contributed by atoms with Gasteiger partial charge in [0.2, 0.25) is 5.95 Å². The largest absolute Gasteiger partial charge is 0.351 e. The third-order valence-corrected chi connectivity index (χ3v) is 3.32. The summed E-state index contributed by atoms with van der Waals surface area (Å²) in [6.45, 7) is 0. The van der Waals surface area contributed by atoms with E-state index in [1.807, 2.05) is 0 Å². The number of aromatic nitrogens is 2. The lowest BCUT2D eigenvalue weighted by Crippen LogP contribution is -2.06. The van der Waals surface area contributed by atoms with Crippen LogP contribution in [0.2, 0.25) is 10.0 Å². The molecule has 98 valence electrons. The van der Waals surface area contributed by atoms with E-state index in [0.717, 1.165) is 5.69 Å². The topological polar surface area (TPSA) is 49.8 Å². The van der Waals surface area contributed by atoms with Crippen molar-refractivity contribution < 1.29 is 0 Å². The zero-order chi connectivity index (χ0) is 13.2. The summed E-state index contributed by atoms with van der Waals surface area (Å²) in [7, 11) is 0. The Bertz CT molecular complexity index is 599. The molecule has 0 saturated heterocycles. The fourth-order valence-electron chi connectivity index (χ4n) is 1.64. The van der Waals surface area contributed by atoms with Crippen LogP contribution in [0.5, 0.6) is 0 Å². The maximum atomic E-state index is 6.10. The number of hydrogen-bond donors (Lipinski definition) is 2. The first-order chi connectivity index (χ1) is 9.20. The molecule has 2 aromatic rings. The molecule has 1 saturated carbocycles. The van der Waals surface area contributed by atoms with E-state index in [1.165, 1.54) is 12.8 Å². The van der Waals surface area contributed by atoms with Crippen molar-refractivity contribution in [1.82, 2.24) is 9.97 Å². The Labute approximate surface area is 121 Å². The van der Waals surface area contributed by atoms with E-state index >= 15 is 0 Å². The Morgan fingerprint density at radius 1 is 1.16 bits per heavy atom. The number of benzene rings is 1. The summed E-state index contributed by atoms with van der Waals surface area (Å²) in [5.41, 5.74) is 0.727. The molecule has 1 aromatic heterocycles. The van der Waals surface area contributed by atoms with Gasteiger partial charge < -0.3 is 10.6 Å². The molecule has 0 aliphatic heterocycles. The molecule has 0 unspecified atom stereocenters. The van der Waals surface area contributed by atoms with Crippen molar-refractivity contribution in [2.75, 3.05) is 10.6 Å². The minimum atomic E-state index is 0.519. The number of anilines is 3. The van der Waals surface area contributed by atoms with Crippen molar-refractivity contribution in [1.29, 1.82) is 0 Å². The molecule has 2 N–H and O–H groups in total. The Morgan fingerprint density at radius 3 is 2.79 bits per heavy atom. The summed E-state index contributed by atoms with van der Waals surface area (Å²) in [4.78, 5) is 8.56. The molecular weight excluding hydrogens is 283 g/mol. The molecule has 0 amide bonds. The number of halogens is 2. The Hall–Kier alpha value is -1.52. The van der Waals surface area contributed by atoms with Crippen LogP contribution in [0.4, 0.5) is 17.5 Å². The van der Waals surface area contributed by atoms with Gasteiger partial charge >= 0.3 is 0 Å². The Morgan fingerprint density at radius 2 is 2.00 bits per heavy atom. The normalized spacial score (nSPS) is 14.2. The van der Waals surface area contributed by atoms with Gasteiger partial charge in [0.15, 0.2) is 0 Å². The molecule has 1 fully saturated rings. The highest BCUT2D eigenvalue weighted by molar-refractivity contribution is 6.35. The fourth-order valence-corrected chi connectivity index (χ4v) is 1.98. The average molecular weight is 295 g/mol. The third-order valence-electron chi connectivity index (χ3n) is 2.76. The predicted molar refractivity (Wildman–Crippen MR) is 78.4 cm³/mol. The number of hydrogen-bond acceptors (Lipinski definition) is 4. The van der Waals surface area contributed by atoms with Gasteiger partial charge in [-0.05, 0) is 37.1 Å². The van der Waals surface area contributed by atoms with Crippen molar-refractivity contribution in [3.05, 3.63) is 40.5 Å². The SMILES string of the molecule is Clc1ccc(Cl)c(Nc2ccnc(NC3CC3)n2)c1. The molecule has 3 rings (SSSR count). The first kappa shape index (κ1) is 12.5. The molecule has 1 aliphatic rings. The molecule has 1 heterocycles. The van der Waals surface area contributed by atoms with Crippen molar-refractivity contribution in [3.8, 4) is 0 Å². The van der Waals surface area contributed by atoms with E-state index in [9.17, 15) is 0 Å². The van der Waals surface area contributed by atoms with Gasteiger partial charge in [0, 0.05) is 17.3 Å². The van der Waals surface area contributed by atoms with E-state index in [-0.39, 0.29) is 0 Å². The molecule has 0 radical (unpaired) electrons. The van der Waals surface area contributed by atoms with Crippen LogP contribution in [-0.2, 0) is 0 Å². The van der Waals surface area contributed by atoms with Crippen LogP contribution >= 0.6 is 23.2 Å². The zero-order valence-corrected chi connectivity index (χ0v) is 11.5. The molecule has 0 atom stereocenters. The van der Waals surface area contributed by atoms with Crippen LogP contribution in [0.3, 0.4) is 0 Å². The lowest BCUT2D eigenvalue weighted by atomic mass is 10.3. The van der Waals surface area contributed by atoms with Crippen LogP contribution < -0.4 is 10.6 Å². The van der Waals surface area contributed by atoms with Gasteiger partial charge in [0.05, 0.1) is 10.7 Å². The molecule has 1 aromatic carbocycles. The Kier molecular flexibility index (Phi) is 3.44.